The Labute approximate surface area is 288 Å². The number of Topliss-reactive ketones (excluding diaryl/α,β-unsaturated/α-hetero) is 1. The van der Waals surface area contributed by atoms with Crippen LogP contribution < -0.4 is 14.8 Å². The van der Waals surface area contributed by atoms with Crippen LogP contribution in [0.2, 0.25) is 0 Å². The fraction of sp³-hybridized carbons (Fsp3) is 0.486. The van der Waals surface area contributed by atoms with E-state index < -0.39 is 52.9 Å². The number of ether oxygens (including phenoxy) is 5. The quantitative estimate of drug-likeness (QED) is 0.110. The number of nitrogens with zero attached hydrogens (tertiary/aromatic N) is 1. The Hall–Kier alpha value is -4.87. The lowest BCUT2D eigenvalue weighted by Crippen LogP contribution is -2.53. The second kappa shape index (κ2) is 17.0. The third-order valence-electron chi connectivity index (χ3n) is 7.89. The lowest BCUT2D eigenvalue weighted by molar-refractivity contribution is -0.165. The molecule has 1 aliphatic heterocycles. The van der Waals surface area contributed by atoms with Gasteiger partial charge in [-0.2, -0.15) is 0 Å². The molecule has 2 aromatic carbocycles. The van der Waals surface area contributed by atoms with Gasteiger partial charge in [0.2, 0.25) is 5.78 Å². The van der Waals surface area contributed by atoms with Crippen molar-refractivity contribution in [2.24, 2.45) is 5.41 Å². The summed E-state index contributed by atoms with van der Waals surface area (Å²) in [6.07, 6.45) is 1.96. The van der Waals surface area contributed by atoms with Crippen LogP contribution in [0.15, 0.2) is 55.1 Å². The Bertz CT molecular complexity index is 1530. The Morgan fingerprint density at radius 3 is 2.35 bits per heavy atom. The van der Waals surface area contributed by atoms with E-state index in [2.05, 4.69) is 11.9 Å². The summed E-state index contributed by atoms with van der Waals surface area (Å²) in [5.41, 5.74) is -0.0720. The summed E-state index contributed by atoms with van der Waals surface area (Å²) < 4.78 is 27.4. The minimum Gasteiger partial charge on any atom is -0.493 e. The van der Waals surface area contributed by atoms with Crippen LogP contribution in [0, 0.1) is 5.41 Å². The maximum atomic E-state index is 13.9. The number of aryl methyl sites for hydroxylation is 1. The number of rotatable bonds is 14. The van der Waals surface area contributed by atoms with Crippen molar-refractivity contribution in [1.82, 2.24) is 4.90 Å². The molecule has 2 aromatic rings. The van der Waals surface area contributed by atoms with Gasteiger partial charge in [0.25, 0.3) is 5.91 Å². The Morgan fingerprint density at radius 1 is 0.980 bits per heavy atom. The highest BCUT2D eigenvalue weighted by Crippen LogP contribution is 2.32. The number of ketones is 1. The van der Waals surface area contributed by atoms with Gasteiger partial charge in [0.15, 0.2) is 11.5 Å². The van der Waals surface area contributed by atoms with Crippen LogP contribution >= 0.6 is 0 Å². The van der Waals surface area contributed by atoms with E-state index in [0.29, 0.717) is 54.9 Å². The van der Waals surface area contributed by atoms with Crippen molar-refractivity contribution in [3.63, 3.8) is 0 Å². The molecule has 1 aliphatic rings. The minimum atomic E-state index is -1.33. The Kier molecular flexibility index (Phi) is 13.4. The van der Waals surface area contributed by atoms with Crippen molar-refractivity contribution in [2.75, 3.05) is 32.7 Å². The number of hydrogen-bond donors (Lipinski definition) is 1. The number of likely N-dealkylation sites (tertiary alicyclic amines) is 1. The molecule has 0 saturated carbocycles. The zero-order valence-corrected chi connectivity index (χ0v) is 29.5. The summed E-state index contributed by atoms with van der Waals surface area (Å²) in [5, 5.41) is 2.72. The molecule has 12 heteroatoms. The Morgan fingerprint density at radius 2 is 1.69 bits per heavy atom. The van der Waals surface area contributed by atoms with Gasteiger partial charge in [-0.05, 0) is 102 Å². The number of nitrogens with one attached hydrogen (secondary N) is 1. The summed E-state index contributed by atoms with van der Waals surface area (Å²) in [7, 11) is 3.10. The van der Waals surface area contributed by atoms with E-state index in [1.54, 1.807) is 65.3 Å². The predicted octanol–water partition coefficient (Wildman–Crippen LogP) is 5.97. The molecule has 49 heavy (non-hydrogen) atoms. The smallest absolute Gasteiger partial charge is 0.412 e. The first-order valence-electron chi connectivity index (χ1n) is 16.2. The van der Waals surface area contributed by atoms with Gasteiger partial charge in [-0.3, -0.25) is 14.9 Å². The fourth-order valence-corrected chi connectivity index (χ4v) is 5.30. The van der Waals surface area contributed by atoms with E-state index in [1.165, 1.54) is 18.7 Å². The Balaban J connectivity index is 1.88. The second-order valence-electron chi connectivity index (χ2n) is 13.4. The monoisotopic (exact) mass is 680 g/mol. The highest BCUT2D eigenvalue weighted by Gasteiger charge is 2.42. The molecule has 1 heterocycles. The standard InChI is InChI=1S/C37H48N2O10/c1-9-31(40)47-23-37(5,6)32(41)33(42)39-20-11-10-15-27(39)34(43)48-28(18-16-24-17-19-29(45-7)30(21-24)46-8)25-13-12-14-26(22-25)38-35(44)49-36(2,3)4/h9,12-14,17,19,21-22,27-28H,1,10-11,15-16,18,20,23H2,2-8H3,(H,38,44)/t27?,28-/m1/s1. The SMILES string of the molecule is C=CC(=O)OCC(C)(C)C(=O)C(=O)N1CCCCC1C(=O)O[C@H](CCc1ccc(OC)c(OC)c1)c1cccc(NC(=O)OC(C)(C)C)c1. The van der Waals surface area contributed by atoms with E-state index in [-0.39, 0.29) is 13.2 Å². The number of benzene rings is 2. The zero-order valence-electron chi connectivity index (χ0n) is 29.5. The lowest BCUT2D eigenvalue weighted by Gasteiger charge is -2.36. The van der Waals surface area contributed by atoms with Crippen LogP contribution in [0.3, 0.4) is 0 Å². The van der Waals surface area contributed by atoms with Gasteiger partial charge in [0, 0.05) is 18.3 Å². The van der Waals surface area contributed by atoms with Gasteiger partial charge in [0.1, 0.15) is 24.4 Å². The second-order valence-corrected chi connectivity index (χ2v) is 13.4. The number of carbonyl (C=O) groups excluding carboxylic acids is 5. The first kappa shape index (κ1) is 38.6. The van der Waals surface area contributed by atoms with Gasteiger partial charge in [-0.15, -0.1) is 0 Å². The number of piperidine rings is 1. The fourth-order valence-electron chi connectivity index (χ4n) is 5.30. The number of methoxy groups -OCH3 is 2. The molecular formula is C37H48N2O10. The third kappa shape index (κ3) is 11.1. The number of amides is 2. The van der Waals surface area contributed by atoms with E-state index >= 15 is 0 Å². The van der Waals surface area contributed by atoms with Gasteiger partial charge in [0.05, 0.1) is 19.6 Å². The molecule has 1 N–H and O–H groups in total. The van der Waals surface area contributed by atoms with Gasteiger partial charge in [-0.25, -0.2) is 14.4 Å². The van der Waals surface area contributed by atoms with Crippen molar-refractivity contribution in [3.8, 4) is 11.5 Å². The highest BCUT2D eigenvalue weighted by molar-refractivity contribution is 6.38. The van der Waals surface area contributed by atoms with Gasteiger partial charge in [-0.1, -0.05) is 24.8 Å². The van der Waals surface area contributed by atoms with Crippen LogP contribution in [0.5, 0.6) is 11.5 Å². The molecule has 0 bridgehead atoms. The largest absolute Gasteiger partial charge is 0.493 e. The maximum absolute atomic E-state index is 13.9. The molecule has 1 unspecified atom stereocenters. The van der Waals surface area contributed by atoms with Crippen molar-refractivity contribution < 1.29 is 47.7 Å². The molecule has 1 saturated heterocycles. The molecule has 1 fully saturated rings. The first-order chi connectivity index (χ1) is 23.1. The normalized spacial score (nSPS) is 15.3. The number of carbonyl (C=O) groups is 5. The minimum absolute atomic E-state index is 0.193. The molecule has 0 aromatic heterocycles. The molecule has 0 radical (unpaired) electrons. The average Bonchev–Trinajstić information content (AvgIpc) is 3.07. The average molecular weight is 681 g/mol. The van der Waals surface area contributed by atoms with Gasteiger partial charge >= 0.3 is 18.0 Å². The molecule has 0 spiro atoms. The summed E-state index contributed by atoms with van der Waals surface area (Å²) in [5.74, 6) is -1.85. The third-order valence-corrected chi connectivity index (χ3v) is 7.89. The maximum Gasteiger partial charge on any atom is 0.412 e. The van der Waals surface area contributed by atoms with Crippen molar-refractivity contribution >= 4 is 35.4 Å². The summed E-state index contributed by atoms with van der Waals surface area (Å²) in [6, 6.07) is 11.5. The first-order valence-corrected chi connectivity index (χ1v) is 16.2. The number of esters is 2. The van der Waals surface area contributed by atoms with Crippen molar-refractivity contribution in [1.29, 1.82) is 0 Å². The summed E-state index contributed by atoms with van der Waals surface area (Å²) >= 11 is 0. The molecule has 12 nitrogen and oxygen atoms in total. The van der Waals surface area contributed by atoms with E-state index in [4.69, 9.17) is 23.7 Å². The molecule has 266 valence electrons. The van der Waals surface area contributed by atoms with Gasteiger partial charge < -0.3 is 28.6 Å². The zero-order chi connectivity index (χ0) is 36.4. The molecule has 3 rings (SSSR count). The highest BCUT2D eigenvalue weighted by atomic mass is 16.6. The van der Waals surface area contributed by atoms with E-state index in [9.17, 15) is 24.0 Å². The summed E-state index contributed by atoms with van der Waals surface area (Å²) in [4.78, 5) is 66.1. The van der Waals surface area contributed by atoms with Crippen LogP contribution in [0.25, 0.3) is 0 Å². The van der Waals surface area contributed by atoms with Crippen LogP contribution in [-0.4, -0.2) is 73.6 Å². The lowest BCUT2D eigenvalue weighted by atomic mass is 9.87. The topological polar surface area (TPSA) is 147 Å². The molecule has 0 aliphatic carbocycles. The summed E-state index contributed by atoms with van der Waals surface area (Å²) in [6.45, 7) is 11.5. The van der Waals surface area contributed by atoms with E-state index in [1.807, 2.05) is 12.1 Å². The number of anilines is 1. The van der Waals surface area contributed by atoms with Crippen LogP contribution in [0.1, 0.15) is 77.5 Å². The molecule has 2 atom stereocenters. The van der Waals surface area contributed by atoms with E-state index in [0.717, 1.165) is 11.6 Å². The number of hydrogen-bond acceptors (Lipinski definition) is 10. The molecule has 2 amide bonds. The molecular weight excluding hydrogens is 632 g/mol. The van der Waals surface area contributed by atoms with Crippen LogP contribution in [0.4, 0.5) is 10.5 Å². The van der Waals surface area contributed by atoms with Crippen molar-refractivity contribution in [2.45, 2.75) is 84.5 Å². The van der Waals surface area contributed by atoms with Crippen LogP contribution in [-0.2, 0) is 39.8 Å². The predicted molar refractivity (Wildman–Crippen MR) is 182 cm³/mol. The van der Waals surface area contributed by atoms with Crippen molar-refractivity contribution in [3.05, 3.63) is 66.2 Å².